The van der Waals surface area contributed by atoms with Crippen molar-refractivity contribution in [2.24, 2.45) is 5.92 Å². The number of allylic oxidation sites excluding steroid dienone is 8. The zero-order valence-electron chi connectivity index (χ0n) is 17.8. The van der Waals surface area contributed by atoms with E-state index in [1.54, 1.807) is 0 Å². The van der Waals surface area contributed by atoms with Crippen molar-refractivity contribution >= 4 is 17.8 Å². The number of carbonyl (C=O) groups is 3. The molecule has 0 radical (unpaired) electrons. The predicted molar refractivity (Wildman–Crippen MR) is 116 cm³/mol. The quantitative estimate of drug-likeness (QED) is 0.340. The van der Waals surface area contributed by atoms with Crippen LogP contribution in [0, 0.1) is 5.92 Å². The van der Waals surface area contributed by atoms with E-state index in [2.05, 4.69) is 25.7 Å². The molecule has 4 amide bonds. The van der Waals surface area contributed by atoms with Crippen LogP contribution in [0.15, 0.2) is 71.4 Å². The summed E-state index contributed by atoms with van der Waals surface area (Å²) < 4.78 is 0. The first-order chi connectivity index (χ1) is 13.7. The van der Waals surface area contributed by atoms with Gasteiger partial charge in [0.25, 0.3) is 11.8 Å². The van der Waals surface area contributed by atoms with Crippen molar-refractivity contribution in [3.63, 3.8) is 0 Å². The second-order valence-electron chi connectivity index (χ2n) is 7.62. The first-order valence-corrected chi connectivity index (χ1v) is 9.96. The van der Waals surface area contributed by atoms with Gasteiger partial charge in [-0.15, -0.1) is 0 Å². The van der Waals surface area contributed by atoms with Crippen LogP contribution in [0.4, 0.5) is 4.79 Å². The maximum absolute atomic E-state index is 12.9. The summed E-state index contributed by atoms with van der Waals surface area (Å²) in [6, 6.07) is -0.565. The number of barbiturate groups is 1. The average molecular weight is 395 g/mol. The van der Waals surface area contributed by atoms with E-state index in [-0.39, 0.29) is 18.7 Å². The molecule has 2 aliphatic rings. The van der Waals surface area contributed by atoms with Gasteiger partial charge in [0.05, 0.1) is 5.57 Å². The van der Waals surface area contributed by atoms with Gasteiger partial charge in [0, 0.05) is 13.1 Å². The highest BCUT2D eigenvalue weighted by atomic mass is 16.2. The van der Waals surface area contributed by atoms with E-state index in [0.29, 0.717) is 18.8 Å². The Hall–Kier alpha value is -2.95. The van der Waals surface area contributed by atoms with E-state index in [4.69, 9.17) is 0 Å². The summed E-state index contributed by atoms with van der Waals surface area (Å²) in [6.45, 7) is 12.1. The molecule has 1 saturated heterocycles. The summed E-state index contributed by atoms with van der Waals surface area (Å²) in [5.41, 5.74) is 3.09. The fourth-order valence-corrected chi connectivity index (χ4v) is 3.21. The van der Waals surface area contributed by atoms with E-state index in [1.165, 1.54) is 0 Å². The number of imide groups is 2. The average Bonchev–Trinajstić information content (AvgIpc) is 3.09. The Labute approximate surface area is 173 Å². The number of hydrogen-bond acceptors (Lipinski definition) is 3. The molecule has 0 saturated carbocycles. The molecule has 0 bridgehead atoms. The lowest BCUT2D eigenvalue weighted by atomic mass is 10.1. The van der Waals surface area contributed by atoms with Gasteiger partial charge in [0.1, 0.15) is 0 Å². The summed E-state index contributed by atoms with van der Waals surface area (Å²) in [6.07, 6.45) is 15.1. The third kappa shape index (κ3) is 5.76. The molecule has 1 heterocycles. The van der Waals surface area contributed by atoms with Crippen molar-refractivity contribution in [1.82, 2.24) is 9.80 Å². The number of hydrogen-bond donors (Lipinski definition) is 0. The maximum Gasteiger partial charge on any atom is 0.333 e. The number of urea groups is 1. The minimum atomic E-state index is -0.605. The van der Waals surface area contributed by atoms with E-state index in [1.807, 2.05) is 51.2 Å². The molecule has 0 aromatic heterocycles. The lowest BCUT2D eigenvalue weighted by Gasteiger charge is -2.33. The van der Waals surface area contributed by atoms with Crippen molar-refractivity contribution in [1.29, 1.82) is 0 Å². The van der Waals surface area contributed by atoms with Gasteiger partial charge >= 0.3 is 6.03 Å². The van der Waals surface area contributed by atoms with Crippen LogP contribution in [0.3, 0.4) is 0 Å². The zero-order chi connectivity index (χ0) is 21.6. The minimum absolute atomic E-state index is 0.158. The highest BCUT2D eigenvalue weighted by molar-refractivity contribution is 6.28. The maximum atomic E-state index is 12.9. The third-order valence-corrected chi connectivity index (χ3v) is 4.82. The van der Waals surface area contributed by atoms with Crippen LogP contribution in [-0.4, -0.2) is 40.7 Å². The molecule has 1 aliphatic heterocycles. The molecule has 5 heteroatoms. The molecule has 1 atom stereocenters. The van der Waals surface area contributed by atoms with Gasteiger partial charge in [-0.3, -0.25) is 19.4 Å². The lowest BCUT2D eigenvalue weighted by molar-refractivity contribution is -0.135. The van der Waals surface area contributed by atoms with Crippen LogP contribution < -0.4 is 0 Å². The SMILES string of the molecule is C=C1C(=O)N(CCC(C=CC)=CC=C(C)C)C(=O)N(CCC2=CC(C)C=C2)C1=O. The fourth-order valence-electron chi connectivity index (χ4n) is 3.21. The van der Waals surface area contributed by atoms with Gasteiger partial charge in [-0.1, -0.05) is 61.6 Å². The molecule has 154 valence electrons. The Balaban J connectivity index is 2.11. The van der Waals surface area contributed by atoms with Crippen molar-refractivity contribution in [3.05, 3.63) is 71.4 Å². The first kappa shape index (κ1) is 22.3. The summed E-state index contributed by atoms with van der Waals surface area (Å²) >= 11 is 0. The van der Waals surface area contributed by atoms with Gasteiger partial charge in [-0.25, -0.2) is 4.79 Å². The van der Waals surface area contributed by atoms with Crippen LogP contribution >= 0.6 is 0 Å². The summed E-state index contributed by atoms with van der Waals surface area (Å²) in [4.78, 5) is 40.1. The van der Waals surface area contributed by atoms with Gasteiger partial charge in [0.2, 0.25) is 0 Å². The molecule has 0 N–H and O–H groups in total. The molecule has 1 unspecified atom stereocenters. The fraction of sp³-hybridized carbons (Fsp3) is 0.375. The zero-order valence-corrected chi connectivity index (χ0v) is 17.8. The van der Waals surface area contributed by atoms with Crippen LogP contribution in [-0.2, 0) is 9.59 Å². The number of rotatable bonds is 8. The van der Waals surface area contributed by atoms with Gasteiger partial charge in [0.15, 0.2) is 0 Å². The van der Waals surface area contributed by atoms with E-state index in [0.717, 1.165) is 26.5 Å². The highest BCUT2D eigenvalue weighted by Crippen LogP contribution is 2.22. The largest absolute Gasteiger partial charge is 0.333 e. The second kappa shape index (κ2) is 10.0. The highest BCUT2D eigenvalue weighted by Gasteiger charge is 2.40. The standard InChI is InChI=1S/C24H30N2O3/c1-6-7-20(10-8-17(2)3)12-14-25-22(27)19(5)23(28)26(24(25)29)15-13-21-11-9-18(4)16-21/h6-11,16,18H,5,12-15H2,1-4H3. The van der Waals surface area contributed by atoms with Crippen molar-refractivity contribution in [2.75, 3.05) is 13.1 Å². The molecular formula is C24H30N2O3. The van der Waals surface area contributed by atoms with E-state index < -0.39 is 17.8 Å². The Morgan fingerprint density at radius 2 is 1.76 bits per heavy atom. The molecule has 29 heavy (non-hydrogen) atoms. The van der Waals surface area contributed by atoms with Crippen LogP contribution in [0.1, 0.15) is 40.5 Å². The lowest BCUT2D eigenvalue weighted by Crippen LogP contribution is -2.56. The number of carbonyl (C=O) groups excluding carboxylic acids is 3. The minimum Gasteiger partial charge on any atom is -0.268 e. The van der Waals surface area contributed by atoms with E-state index in [9.17, 15) is 14.4 Å². The molecular weight excluding hydrogens is 364 g/mol. The topological polar surface area (TPSA) is 57.7 Å². The first-order valence-electron chi connectivity index (χ1n) is 9.96. The molecule has 0 aromatic carbocycles. The molecule has 1 fully saturated rings. The Morgan fingerprint density at radius 3 is 2.31 bits per heavy atom. The summed E-state index contributed by atoms with van der Waals surface area (Å²) in [7, 11) is 0. The Morgan fingerprint density at radius 1 is 1.10 bits per heavy atom. The molecule has 0 aromatic rings. The van der Waals surface area contributed by atoms with Crippen molar-refractivity contribution < 1.29 is 14.4 Å². The summed E-state index contributed by atoms with van der Waals surface area (Å²) in [5.74, 6) is -0.837. The Kier molecular flexibility index (Phi) is 7.71. The van der Waals surface area contributed by atoms with Crippen molar-refractivity contribution in [2.45, 2.75) is 40.5 Å². The summed E-state index contributed by atoms with van der Waals surface area (Å²) in [5, 5.41) is 0. The van der Waals surface area contributed by atoms with Gasteiger partial charge in [-0.05, 0) is 50.7 Å². The normalized spacial score (nSPS) is 20.2. The van der Waals surface area contributed by atoms with Crippen LogP contribution in [0.5, 0.6) is 0 Å². The van der Waals surface area contributed by atoms with Crippen LogP contribution in [0.2, 0.25) is 0 Å². The monoisotopic (exact) mass is 394 g/mol. The molecule has 0 spiro atoms. The molecule has 5 nitrogen and oxygen atoms in total. The number of amides is 4. The molecule has 1 aliphatic carbocycles. The molecule has 2 rings (SSSR count). The Bertz CT molecular complexity index is 851. The second-order valence-corrected chi connectivity index (χ2v) is 7.62. The third-order valence-electron chi connectivity index (χ3n) is 4.82. The smallest absolute Gasteiger partial charge is 0.268 e. The van der Waals surface area contributed by atoms with Gasteiger partial charge < -0.3 is 0 Å². The number of nitrogens with zero attached hydrogens (tertiary/aromatic N) is 2. The van der Waals surface area contributed by atoms with Crippen molar-refractivity contribution in [3.8, 4) is 0 Å². The van der Waals surface area contributed by atoms with Gasteiger partial charge in [-0.2, -0.15) is 0 Å². The van der Waals surface area contributed by atoms with E-state index >= 15 is 0 Å². The van der Waals surface area contributed by atoms with Crippen LogP contribution in [0.25, 0.3) is 0 Å². The predicted octanol–water partition coefficient (Wildman–Crippen LogP) is 4.71.